The number of aliphatic hydroxyl groups excluding tert-OH is 1. The van der Waals surface area contributed by atoms with Crippen LogP contribution in [0.25, 0.3) is 17.2 Å². The highest BCUT2D eigenvalue weighted by atomic mass is 19.1. The monoisotopic (exact) mass is 580 g/mol. The van der Waals surface area contributed by atoms with E-state index in [0.29, 0.717) is 34.5 Å². The molecule has 2 N–H and O–H groups in total. The number of aliphatic hydroxyl groups is 1. The molecule has 0 fully saturated rings. The first kappa shape index (κ1) is 33.7. The second-order valence-corrected chi connectivity index (χ2v) is 8.61. The van der Waals surface area contributed by atoms with E-state index < -0.39 is 17.3 Å². The Balaban J connectivity index is 0.000000797. The molecule has 42 heavy (non-hydrogen) atoms. The van der Waals surface area contributed by atoms with Crippen LogP contribution >= 0.6 is 0 Å². The van der Waals surface area contributed by atoms with Crippen LogP contribution in [0.3, 0.4) is 0 Å². The third kappa shape index (κ3) is 8.48. The Morgan fingerprint density at radius 2 is 1.90 bits per heavy atom. The van der Waals surface area contributed by atoms with Crippen molar-refractivity contribution in [2.45, 2.75) is 47.6 Å². The quantitative estimate of drug-likeness (QED) is 0.219. The Morgan fingerprint density at radius 1 is 1.21 bits per heavy atom. The van der Waals surface area contributed by atoms with Gasteiger partial charge in [0.05, 0.1) is 17.6 Å². The van der Waals surface area contributed by atoms with E-state index in [9.17, 15) is 19.1 Å². The standard InChI is InChI=1S/C27H23FN2O5.C3H8O2.C2H6/c1-4-18(11-10-16(2)28)12-20-13-29-22-23-25(20)35-21(27(32)33)14-30(23)26(31)17(3)24(22)34-15-19-8-6-5-7-9-19;1-2-5-3-4;1-2/h4-11,13-14H,1,12,15H2,2-3H3,(H,32,33);4H,2-3H2,1H3;1-2H3/b16-10+,18-11+;;. The van der Waals surface area contributed by atoms with Crippen molar-refractivity contribution in [3.05, 3.63) is 106 Å². The number of rotatable bonds is 10. The Hall–Kier alpha value is -4.54. The highest BCUT2D eigenvalue weighted by molar-refractivity contribution is 5.96. The number of hydrogen-bond donors (Lipinski definition) is 2. The highest BCUT2D eigenvalue weighted by Crippen LogP contribution is 2.38. The number of benzene rings is 1. The SMILES string of the molecule is C=C/C(=C\C=C(/C)F)Cc1cnc2c(OCc3ccccc3)c(C)c(=O)n3c2c1OC(C(=O)O)=C3.CC.CCOCO. The highest BCUT2D eigenvalue weighted by Gasteiger charge is 2.28. The molecule has 0 spiro atoms. The zero-order valence-electron chi connectivity index (χ0n) is 24.5. The lowest BCUT2D eigenvalue weighted by molar-refractivity contribution is -0.134. The smallest absolute Gasteiger partial charge is 0.373 e. The van der Waals surface area contributed by atoms with Crippen molar-refractivity contribution in [1.29, 1.82) is 0 Å². The van der Waals surface area contributed by atoms with Crippen LogP contribution in [-0.2, 0) is 22.6 Å². The third-order valence-electron chi connectivity index (χ3n) is 5.79. The summed E-state index contributed by atoms with van der Waals surface area (Å²) in [4.78, 5) is 29.6. The van der Waals surface area contributed by atoms with Gasteiger partial charge in [-0.1, -0.05) is 62.9 Å². The summed E-state index contributed by atoms with van der Waals surface area (Å²) in [6.45, 7) is 13.2. The van der Waals surface area contributed by atoms with E-state index in [-0.39, 0.29) is 37.0 Å². The zero-order chi connectivity index (χ0) is 31.2. The molecule has 0 saturated carbocycles. The molecule has 4 rings (SSSR count). The summed E-state index contributed by atoms with van der Waals surface area (Å²) < 4.78 is 30.6. The minimum absolute atomic E-state index is 0.156. The van der Waals surface area contributed by atoms with Gasteiger partial charge < -0.3 is 24.4 Å². The molecule has 2 aromatic heterocycles. The Kier molecular flexibility index (Phi) is 13.4. The molecule has 1 aliphatic rings. The van der Waals surface area contributed by atoms with Gasteiger partial charge in [-0.3, -0.25) is 14.3 Å². The lowest BCUT2D eigenvalue weighted by Crippen LogP contribution is -2.26. The fraction of sp³-hybridized carbons (Fsp3) is 0.281. The minimum atomic E-state index is -1.32. The number of halogens is 1. The predicted octanol–water partition coefficient (Wildman–Crippen LogP) is 6.09. The van der Waals surface area contributed by atoms with E-state index in [1.54, 1.807) is 19.1 Å². The third-order valence-corrected chi connectivity index (χ3v) is 5.79. The van der Waals surface area contributed by atoms with Gasteiger partial charge in [0.25, 0.3) is 5.56 Å². The molecule has 0 atom stereocenters. The molecule has 9 nitrogen and oxygen atoms in total. The first-order chi connectivity index (χ1) is 20.2. The molecule has 1 aromatic carbocycles. The summed E-state index contributed by atoms with van der Waals surface area (Å²) in [5.41, 5.74) is 2.57. The van der Waals surface area contributed by atoms with E-state index in [0.717, 1.165) is 11.8 Å². The maximum absolute atomic E-state index is 13.3. The summed E-state index contributed by atoms with van der Waals surface area (Å²) in [6, 6.07) is 9.48. The van der Waals surface area contributed by atoms with E-state index in [1.807, 2.05) is 51.1 Å². The zero-order valence-corrected chi connectivity index (χ0v) is 24.5. The molecule has 10 heteroatoms. The Labute approximate surface area is 244 Å². The average molecular weight is 581 g/mol. The average Bonchev–Trinajstić information content (AvgIpc) is 3.00. The number of allylic oxidation sites excluding steroid dienone is 5. The molecule has 3 aromatic rings. The van der Waals surface area contributed by atoms with Crippen LogP contribution in [0.15, 0.2) is 83.3 Å². The van der Waals surface area contributed by atoms with Crippen molar-refractivity contribution in [3.63, 3.8) is 0 Å². The van der Waals surface area contributed by atoms with Gasteiger partial charge in [-0.05, 0) is 38.0 Å². The van der Waals surface area contributed by atoms with Crippen molar-refractivity contribution < 1.29 is 33.6 Å². The molecule has 0 saturated heterocycles. The van der Waals surface area contributed by atoms with Crippen molar-refractivity contribution in [3.8, 4) is 11.5 Å². The number of ether oxygens (including phenoxy) is 3. The number of carbonyl (C=O) groups is 1. The summed E-state index contributed by atoms with van der Waals surface area (Å²) in [5.74, 6) is -1.64. The summed E-state index contributed by atoms with van der Waals surface area (Å²) in [7, 11) is 0. The number of carboxylic acids is 1. The Morgan fingerprint density at radius 3 is 2.45 bits per heavy atom. The van der Waals surface area contributed by atoms with Gasteiger partial charge in [-0.25, -0.2) is 9.18 Å². The van der Waals surface area contributed by atoms with Crippen LogP contribution < -0.4 is 15.0 Å². The molecule has 0 radical (unpaired) electrons. The van der Waals surface area contributed by atoms with Crippen LogP contribution in [0.5, 0.6) is 11.5 Å². The second-order valence-electron chi connectivity index (χ2n) is 8.61. The first-order valence-electron chi connectivity index (χ1n) is 13.4. The number of hydrogen-bond acceptors (Lipinski definition) is 7. The maximum Gasteiger partial charge on any atom is 0.373 e. The van der Waals surface area contributed by atoms with E-state index in [1.165, 1.54) is 23.8 Å². The molecular formula is C32H37FN2O7. The van der Waals surface area contributed by atoms with Crippen LogP contribution in [-0.4, -0.2) is 39.1 Å². The summed E-state index contributed by atoms with van der Waals surface area (Å²) in [5, 5.41) is 17.4. The number of aromatic nitrogens is 2. The van der Waals surface area contributed by atoms with E-state index in [2.05, 4.69) is 16.3 Å². The topological polar surface area (TPSA) is 120 Å². The van der Waals surface area contributed by atoms with Crippen LogP contribution in [0, 0.1) is 6.92 Å². The fourth-order valence-corrected chi connectivity index (χ4v) is 3.82. The second kappa shape index (κ2) is 16.7. The van der Waals surface area contributed by atoms with Gasteiger partial charge in [0.15, 0.2) is 11.5 Å². The van der Waals surface area contributed by atoms with Gasteiger partial charge in [-0.2, -0.15) is 0 Å². The van der Waals surface area contributed by atoms with Gasteiger partial charge >= 0.3 is 5.97 Å². The number of aliphatic carboxylic acids is 1. The largest absolute Gasteiger partial charge is 0.486 e. The number of pyridine rings is 2. The fourth-order valence-electron chi connectivity index (χ4n) is 3.82. The molecule has 224 valence electrons. The minimum Gasteiger partial charge on any atom is -0.486 e. The maximum atomic E-state index is 13.3. The van der Waals surface area contributed by atoms with Gasteiger partial charge in [-0.15, -0.1) is 0 Å². The summed E-state index contributed by atoms with van der Waals surface area (Å²) in [6.07, 6.45) is 7.32. The van der Waals surface area contributed by atoms with Crippen LogP contribution in [0.4, 0.5) is 4.39 Å². The summed E-state index contributed by atoms with van der Waals surface area (Å²) >= 11 is 0. The predicted molar refractivity (Wildman–Crippen MR) is 161 cm³/mol. The van der Waals surface area contributed by atoms with E-state index >= 15 is 0 Å². The Bertz CT molecular complexity index is 1530. The van der Waals surface area contributed by atoms with Gasteiger partial charge in [0.2, 0.25) is 5.76 Å². The van der Waals surface area contributed by atoms with Gasteiger partial charge in [0, 0.05) is 24.8 Å². The van der Waals surface area contributed by atoms with Crippen molar-refractivity contribution in [1.82, 2.24) is 9.55 Å². The lowest BCUT2D eigenvalue weighted by Gasteiger charge is -2.22. The van der Waals surface area contributed by atoms with Gasteiger partial charge in [0.1, 0.15) is 24.4 Å². The molecule has 0 aliphatic carbocycles. The molecule has 0 amide bonds. The molecule has 1 aliphatic heterocycles. The van der Waals surface area contributed by atoms with Crippen molar-refractivity contribution in [2.75, 3.05) is 13.4 Å². The number of carboxylic acid groups (broad SMARTS) is 1. The first-order valence-corrected chi connectivity index (χ1v) is 13.4. The van der Waals surface area contributed by atoms with Crippen LogP contribution in [0.2, 0.25) is 0 Å². The molecule has 3 heterocycles. The van der Waals surface area contributed by atoms with Crippen LogP contribution in [0.1, 0.15) is 44.4 Å². The molecular weight excluding hydrogens is 543 g/mol. The molecule has 0 unspecified atom stereocenters. The lowest BCUT2D eigenvalue weighted by atomic mass is 10.0. The van der Waals surface area contributed by atoms with Crippen molar-refractivity contribution >= 4 is 23.2 Å². The number of nitrogens with zero attached hydrogens (tertiary/aromatic N) is 2. The van der Waals surface area contributed by atoms with Crippen molar-refractivity contribution in [2.24, 2.45) is 0 Å². The van der Waals surface area contributed by atoms with E-state index in [4.69, 9.17) is 14.6 Å². The molecule has 0 bridgehead atoms. The normalized spacial score (nSPS) is 12.2.